The molecule has 0 unspecified atom stereocenters. The molecule has 0 bridgehead atoms. The van der Waals surface area contributed by atoms with Gasteiger partial charge in [-0.05, 0) is 31.2 Å². The summed E-state index contributed by atoms with van der Waals surface area (Å²) in [5.74, 6) is 1.59. The second-order valence-electron chi connectivity index (χ2n) is 3.15. The first-order chi connectivity index (χ1) is 7.24. The van der Waals surface area contributed by atoms with Crippen LogP contribution in [-0.4, -0.2) is 9.97 Å². The number of rotatable bonds is 2. The zero-order valence-corrected chi connectivity index (χ0v) is 9.82. The van der Waals surface area contributed by atoms with E-state index < -0.39 is 0 Å². The van der Waals surface area contributed by atoms with Crippen molar-refractivity contribution in [2.45, 2.75) is 6.92 Å². The lowest BCUT2D eigenvalue weighted by Gasteiger charge is -2.04. The highest BCUT2D eigenvalue weighted by molar-refractivity contribution is 9.10. The predicted octanol–water partition coefficient (Wildman–Crippen LogP) is 3.29. The van der Waals surface area contributed by atoms with E-state index in [4.69, 9.17) is 0 Å². The molecule has 0 saturated carbocycles. The molecule has 0 fully saturated rings. The number of nitrogens with one attached hydrogen (secondary N) is 1. The zero-order valence-electron chi connectivity index (χ0n) is 8.24. The van der Waals surface area contributed by atoms with Gasteiger partial charge in [0.2, 0.25) is 0 Å². The van der Waals surface area contributed by atoms with Crippen molar-refractivity contribution in [1.29, 1.82) is 0 Å². The number of hydrogen-bond acceptors (Lipinski definition) is 3. The highest BCUT2D eigenvalue weighted by atomic mass is 79.9. The molecule has 4 heteroatoms. The fraction of sp³-hybridized carbons (Fsp3) is 0.0909. The molecule has 0 atom stereocenters. The first-order valence-electron chi connectivity index (χ1n) is 4.56. The van der Waals surface area contributed by atoms with Gasteiger partial charge in [-0.15, -0.1) is 0 Å². The summed E-state index contributed by atoms with van der Waals surface area (Å²) in [5, 5.41) is 3.13. The molecule has 2 heterocycles. The second kappa shape index (κ2) is 4.40. The van der Waals surface area contributed by atoms with Crippen LogP contribution in [0.4, 0.5) is 11.6 Å². The average molecular weight is 264 g/mol. The van der Waals surface area contributed by atoms with Crippen LogP contribution in [0.5, 0.6) is 0 Å². The Morgan fingerprint density at radius 1 is 1.20 bits per heavy atom. The van der Waals surface area contributed by atoms with Crippen LogP contribution < -0.4 is 5.32 Å². The van der Waals surface area contributed by atoms with Gasteiger partial charge in [0.05, 0.1) is 0 Å². The van der Waals surface area contributed by atoms with Crippen molar-refractivity contribution in [2.24, 2.45) is 0 Å². The molecule has 0 aromatic carbocycles. The van der Waals surface area contributed by atoms with Crippen molar-refractivity contribution in [3.05, 3.63) is 46.7 Å². The minimum Gasteiger partial charge on any atom is -0.325 e. The molecule has 2 aromatic rings. The lowest BCUT2D eigenvalue weighted by Crippen LogP contribution is -1.96. The lowest BCUT2D eigenvalue weighted by atomic mass is 10.3. The van der Waals surface area contributed by atoms with E-state index in [-0.39, 0.29) is 0 Å². The fourth-order valence-corrected chi connectivity index (χ4v) is 1.55. The molecule has 0 aliphatic rings. The summed E-state index contributed by atoms with van der Waals surface area (Å²) in [6.07, 6.45) is 1.74. The molecule has 0 aliphatic carbocycles. The van der Waals surface area contributed by atoms with Gasteiger partial charge >= 0.3 is 0 Å². The van der Waals surface area contributed by atoms with Crippen molar-refractivity contribution in [3.8, 4) is 0 Å². The quantitative estimate of drug-likeness (QED) is 0.904. The molecule has 0 amide bonds. The van der Waals surface area contributed by atoms with E-state index in [2.05, 4.69) is 31.2 Å². The van der Waals surface area contributed by atoms with Gasteiger partial charge in [0.25, 0.3) is 0 Å². The smallest absolute Gasteiger partial charge is 0.132 e. The van der Waals surface area contributed by atoms with Crippen LogP contribution in [0.3, 0.4) is 0 Å². The van der Waals surface area contributed by atoms with Crippen molar-refractivity contribution in [3.63, 3.8) is 0 Å². The monoisotopic (exact) mass is 263 g/mol. The molecule has 0 aliphatic heterocycles. The summed E-state index contributed by atoms with van der Waals surface area (Å²) in [5.41, 5.74) is 0.981. The Morgan fingerprint density at radius 3 is 2.80 bits per heavy atom. The minimum absolute atomic E-state index is 0.780. The van der Waals surface area contributed by atoms with Crippen molar-refractivity contribution < 1.29 is 0 Å². The summed E-state index contributed by atoms with van der Waals surface area (Å²) in [7, 11) is 0. The van der Waals surface area contributed by atoms with Crippen LogP contribution in [0.15, 0.2) is 41.0 Å². The molecule has 0 spiro atoms. The lowest BCUT2D eigenvalue weighted by molar-refractivity contribution is 1.18. The number of anilines is 2. The van der Waals surface area contributed by atoms with Crippen LogP contribution in [0, 0.1) is 6.92 Å². The van der Waals surface area contributed by atoms with Crippen molar-refractivity contribution >= 4 is 27.6 Å². The number of halogens is 1. The largest absolute Gasteiger partial charge is 0.325 e. The van der Waals surface area contributed by atoms with E-state index in [1.165, 1.54) is 0 Å². The van der Waals surface area contributed by atoms with Gasteiger partial charge < -0.3 is 5.32 Å². The third kappa shape index (κ3) is 2.76. The highest BCUT2D eigenvalue weighted by Gasteiger charge is 1.97. The van der Waals surface area contributed by atoms with E-state index in [0.29, 0.717) is 0 Å². The first kappa shape index (κ1) is 10.1. The van der Waals surface area contributed by atoms with E-state index in [1.807, 2.05) is 37.3 Å². The molecule has 2 aromatic heterocycles. The average Bonchev–Trinajstić information content (AvgIpc) is 2.17. The molecule has 2 rings (SSSR count). The maximum absolute atomic E-state index is 4.33. The second-order valence-corrected chi connectivity index (χ2v) is 4.06. The number of pyridine rings is 2. The third-order valence-electron chi connectivity index (χ3n) is 1.87. The highest BCUT2D eigenvalue weighted by Crippen LogP contribution is 2.16. The Kier molecular flexibility index (Phi) is 2.97. The summed E-state index contributed by atoms with van der Waals surface area (Å²) < 4.78 is 0.993. The van der Waals surface area contributed by atoms with Gasteiger partial charge in [-0.1, -0.05) is 22.0 Å². The summed E-state index contributed by atoms with van der Waals surface area (Å²) in [6.45, 7) is 1.96. The minimum atomic E-state index is 0.780. The topological polar surface area (TPSA) is 37.8 Å². The number of nitrogens with zero attached hydrogens (tertiary/aromatic N) is 2. The van der Waals surface area contributed by atoms with Gasteiger partial charge in [-0.3, -0.25) is 0 Å². The van der Waals surface area contributed by atoms with Crippen LogP contribution in [0.25, 0.3) is 0 Å². The molecule has 0 saturated heterocycles. The number of hydrogen-bond donors (Lipinski definition) is 1. The molecule has 15 heavy (non-hydrogen) atoms. The van der Waals surface area contributed by atoms with Gasteiger partial charge in [0, 0.05) is 16.4 Å². The standard InChI is InChI=1S/C11H10BrN3/c1-8-3-2-4-10(14-8)15-11-7-9(12)5-6-13-11/h2-7H,1H3,(H,13,14,15). The summed E-state index contributed by atoms with van der Waals surface area (Å²) in [4.78, 5) is 8.52. The SMILES string of the molecule is Cc1cccc(Nc2cc(Br)ccn2)n1. The van der Waals surface area contributed by atoms with Crippen molar-refractivity contribution in [2.75, 3.05) is 5.32 Å². The van der Waals surface area contributed by atoms with Crippen LogP contribution in [0.1, 0.15) is 5.69 Å². The Morgan fingerprint density at radius 2 is 2.07 bits per heavy atom. The molecule has 0 radical (unpaired) electrons. The number of aryl methyl sites for hydroxylation is 1. The summed E-state index contributed by atoms with van der Waals surface area (Å²) in [6, 6.07) is 9.62. The first-order valence-corrected chi connectivity index (χ1v) is 5.35. The third-order valence-corrected chi connectivity index (χ3v) is 2.36. The molecular formula is C11H10BrN3. The van der Waals surface area contributed by atoms with E-state index in [9.17, 15) is 0 Å². The van der Waals surface area contributed by atoms with Gasteiger partial charge in [0.15, 0.2) is 0 Å². The Labute approximate surface area is 96.7 Å². The maximum Gasteiger partial charge on any atom is 0.132 e. The van der Waals surface area contributed by atoms with Crippen LogP contribution >= 0.6 is 15.9 Å². The fourth-order valence-electron chi connectivity index (χ4n) is 1.22. The van der Waals surface area contributed by atoms with Crippen molar-refractivity contribution in [1.82, 2.24) is 9.97 Å². The van der Waals surface area contributed by atoms with Crippen LogP contribution in [0.2, 0.25) is 0 Å². The zero-order chi connectivity index (χ0) is 10.7. The number of aromatic nitrogens is 2. The molecule has 3 nitrogen and oxygen atoms in total. The summed E-state index contributed by atoms with van der Waals surface area (Å²) >= 11 is 3.39. The van der Waals surface area contributed by atoms with Crippen LogP contribution in [-0.2, 0) is 0 Å². The predicted molar refractivity (Wildman–Crippen MR) is 64.2 cm³/mol. The van der Waals surface area contributed by atoms with E-state index in [1.54, 1.807) is 6.20 Å². The Bertz CT molecular complexity index is 427. The molecule has 76 valence electrons. The van der Waals surface area contributed by atoms with Gasteiger partial charge in [-0.25, -0.2) is 9.97 Å². The Hall–Kier alpha value is -1.42. The molecular weight excluding hydrogens is 254 g/mol. The Balaban J connectivity index is 2.22. The van der Waals surface area contributed by atoms with Gasteiger partial charge in [0.1, 0.15) is 11.6 Å². The normalized spacial score (nSPS) is 10.0. The van der Waals surface area contributed by atoms with E-state index >= 15 is 0 Å². The molecule has 1 N–H and O–H groups in total. The van der Waals surface area contributed by atoms with Gasteiger partial charge in [-0.2, -0.15) is 0 Å². The van der Waals surface area contributed by atoms with E-state index in [0.717, 1.165) is 21.8 Å². The maximum atomic E-state index is 4.33.